The minimum absolute atomic E-state index is 0.0711. The first-order valence-corrected chi connectivity index (χ1v) is 13.3. The second-order valence-corrected chi connectivity index (χ2v) is 11.8. The monoisotopic (exact) mass is 493 g/mol. The van der Waals surface area contributed by atoms with E-state index in [2.05, 4.69) is 31.0 Å². The molecule has 35 heavy (non-hydrogen) atoms. The predicted molar refractivity (Wildman–Crippen MR) is 142 cm³/mol. The maximum absolute atomic E-state index is 13.8. The first-order chi connectivity index (χ1) is 16.1. The van der Waals surface area contributed by atoms with E-state index in [4.69, 9.17) is 4.74 Å². The third-order valence-electron chi connectivity index (χ3n) is 7.23. The van der Waals surface area contributed by atoms with Gasteiger partial charge in [0.1, 0.15) is 6.04 Å². The summed E-state index contributed by atoms with van der Waals surface area (Å²) in [6.45, 7) is 21.2. The SMILES string of the molecule is CCOC(=O)/C(C)=C/[C@H](C(C)C)N(C)C(=O)C(NC(=O)[C@H]1CCCCN1C(C)C(C)C)C(C)(C)C. The molecule has 0 radical (unpaired) electrons. The molecule has 1 N–H and O–H groups in total. The predicted octanol–water partition coefficient (Wildman–Crippen LogP) is 4.41. The molecule has 1 fully saturated rings. The van der Waals surface area contributed by atoms with Gasteiger partial charge in [0, 0.05) is 18.7 Å². The highest BCUT2D eigenvalue weighted by Gasteiger charge is 2.40. The highest BCUT2D eigenvalue weighted by Crippen LogP contribution is 2.27. The fourth-order valence-electron chi connectivity index (χ4n) is 4.66. The van der Waals surface area contributed by atoms with Crippen LogP contribution < -0.4 is 5.32 Å². The van der Waals surface area contributed by atoms with Crippen molar-refractivity contribution in [2.75, 3.05) is 20.2 Å². The summed E-state index contributed by atoms with van der Waals surface area (Å²) in [5.41, 5.74) is -0.00643. The molecule has 2 unspecified atom stereocenters. The number of rotatable bonds is 10. The Hall–Kier alpha value is -1.89. The molecular formula is C28H51N3O4. The highest BCUT2D eigenvalue weighted by atomic mass is 16.5. The van der Waals surface area contributed by atoms with Gasteiger partial charge >= 0.3 is 5.97 Å². The fourth-order valence-corrected chi connectivity index (χ4v) is 4.66. The van der Waals surface area contributed by atoms with Crippen molar-refractivity contribution in [1.82, 2.24) is 15.1 Å². The lowest BCUT2D eigenvalue weighted by Crippen LogP contribution is -2.61. The van der Waals surface area contributed by atoms with Crippen molar-refractivity contribution >= 4 is 17.8 Å². The summed E-state index contributed by atoms with van der Waals surface area (Å²) in [6.07, 6.45) is 4.71. The van der Waals surface area contributed by atoms with Gasteiger partial charge in [-0.05, 0) is 57.4 Å². The van der Waals surface area contributed by atoms with Gasteiger partial charge in [-0.1, -0.05) is 61.0 Å². The number of carbonyl (C=O) groups excluding carboxylic acids is 3. The second kappa shape index (κ2) is 13.4. The molecule has 202 valence electrons. The van der Waals surface area contributed by atoms with Crippen LogP contribution in [0.2, 0.25) is 0 Å². The highest BCUT2D eigenvalue weighted by molar-refractivity contribution is 5.91. The molecule has 1 aliphatic rings. The third kappa shape index (κ3) is 8.62. The molecule has 0 aromatic rings. The molecule has 2 amide bonds. The summed E-state index contributed by atoms with van der Waals surface area (Å²) >= 11 is 0. The van der Waals surface area contributed by atoms with Crippen LogP contribution in [0.5, 0.6) is 0 Å². The Kier molecular flexibility index (Phi) is 11.9. The Morgan fingerprint density at radius 2 is 1.69 bits per heavy atom. The summed E-state index contributed by atoms with van der Waals surface area (Å²) in [5, 5.41) is 3.14. The molecule has 4 atom stereocenters. The lowest BCUT2D eigenvalue weighted by Gasteiger charge is -2.42. The summed E-state index contributed by atoms with van der Waals surface area (Å²) in [5.74, 6) is -0.0903. The standard InChI is InChI=1S/C28H51N3O4/c1-12-35-27(34)20(6)17-23(19(4)5)30(11)26(33)24(28(8,9)10)29-25(32)22-15-13-14-16-31(22)21(7)18(2)3/h17-19,21-24H,12-16H2,1-11H3,(H,29,32)/b20-17+/t21?,22-,23-,24?/m1/s1. The van der Waals surface area contributed by atoms with Gasteiger partial charge in [0.2, 0.25) is 11.8 Å². The van der Waals surface area contributed by atoms with Crippen molar-refractivity contribution in [3.8, 4) is 0 Å². The molecule has 0 saturated carbocycles. The van der Waals surface area contributed by atoms with Crippen LogP contribution >= 0.6 is 0 Å². The average molecular weight is 494 g/mol. The van der Waals surface area contributed by atoms with E-state index in [1.165, 1.54) is 0 Å². The molecule has 1 aliphatic heterocycles. The van der Waals surface area contributed by atoms with Gasteiger partial charge in [-0.25, -0.2) is 4.79 Å². The number of nitrogens with zero attached hydrogens (tertiary/aromatic N) is 2. The van der Waals surface area contributed by atoms with Crippen LogP contribution in [-0.4, -0.2) is 72.0 Å². The minimum atomic E-state index is -0.685. The quantitative estimate of drug-likeness (QED) is 0.360. The Morgan fingerprint density at radius 3 is 2.17 bits per heavy atom. The van der Waals surface area contributed by atoms with Crippen molar-refractivity contribution in [2.45, 2.75) is 113 Å². The molecule has 0 spiro atoms. The topological polar surface area (TPSA) is 79.0 Å². The number of hydrogen-bond donors (Lipinski definition) is 1. The Morgan fingerprint density at radius 1 is 1.09 bits per heavy atom. The zero-order chi connectivity index (χ0) is 27.1. The van der Waals surface area contributed by atoms with Crippen LogP contribution in [-0.2, 0) is 19.1 Å². The number of piperidine rings is 1. The Labute approximate surface area is 214 Å². The summed E-state index contributed by atoms with van der Waals surface area (Å²) in [4.78, 5) is 43.5. The van der Waals surface area contributed by atoms with Gasteiger partial charge in [0.25, 0.3) is 0 Å². The van der Waals surface area contributed by atoms with Crippen LogP contribution in [0.15, 0.2) is 11.6 Å². The van der Waals surface area contributed by atoms with E-state index < -0.39 is 11.5 Å². The first-order valence-electron chi connectivity index (χ1n) is 13.3. The van der Waals surface area contributed by atoms with Gasteiger partial charge in [0.15, 0.2) is 0 Å². The summed E-state index contributed by atoms with van der Waals surface area (Å²) in [6, 6.07) is -0.925. The van der Waals surface area contributed by atoms with Crippen LogP contribution in [0.4, 0.5) is 0 Å². The average Bonchev–Trinajstić information content (AvgIpc) is 2.78. The van der Waals surface area contributed by atoms with Crippen molar-refractivity contribution in [3.05, 3.63) is 11.6 Å². The van der Waals surface area contributed by atoms with E-state index in [-0.39, 0.29) is 35.8 Å². The maximum atomic E-state index is 13.8. The molecule has 7 heteroatoms. The van der Waals surface area contributed by atoms with E-state index in [1.54, 1.807) is 31.9 Å². The minimum Gasteiger partial charge on any atom is -0.463 e. The largest absolute Gasteiger partial charge is 0.463 e. The number of likely N-dealkylation sites (N-methyl/N-ethyl adjacent to an activating group) is 1. The molecular weight excluding hydrogens is 442 g/mol. The molecule has 0 aromatic carbocycles. The number of hydrogen-bond acceptors (Lipinski definition) is 5. The molecule has 1 saturated heterocycles. The number of ether oxygens (including phenoxy) is 1. The van der Waals surface area contributed by atoms with Crippen LogP contribution in [0.3, 0.4) is 0 Å². The number of esters is 1. The fraction of sp³-hybridized carbons (Fsp3) is 0.821. The number of likely N-dealkylation sites (tertiary alicyclic amines) is 1. The van der Waals surface area contributed by atoms with E-state index in [0.29, 0.717) is 24.1 Å². The van der Waals surface area contributed by atoms with Gasteiger partial charge in [0.05, 0.1) is 18.7 Å². The molecule has 7 nitrogen and oxygen atoms in total. The second-order valence-electron chi connectivity index (χ2n) is 11.8. The normalized spacial score (nSPS) is 20.4. The lowest BCUT2D eigenvalue weighted by molar-refractivity contribution is -0.142. The summed E-state index contributed by atoms with van der Waals surface area (Å²) < 4.78 is 5.12. The van der Waals surface area contributed by atoms with Crippen molar-refractivity contribution in [1.29, 1.82) is 0 Å². The summed E-state index contributed by atoms with van der Waals surface area (Å²) in [7, 11) is 1.75. The van der Waals surface area contributed by atoms with E-state index in [1.807, 2.05) is 34.6 Å². The van der Waals surface area contributed by atoms with Crippen molar-refractivity contribution in [2.24, 2.45) is 17.3 Å². The van der Waals surface area contributed by atoms with Gasteiger partial charge in [-0.3, -0.25) is 14.5 Å². The molecule has 0 bridgehead atoms. The van der Waals surface area contributed by atoms with E-state index in [0.717, 1.165) is 25.8 Å². The third-order valence-corrected chi connectivity index (χ3v) is 7.23. The first kappa shape index (κ1) is 31.1. The molecule has 0 aliphatic carbocycles. The van der Waals surface area contributed by atoms with Crippen LogP contribution in [0.1, 0.15) is 88.5 Å². The van der Waals surface area contributed by atoms with Gasteiger partial charge < -0.3 is 15.0 Å². The Bertz CT molecular complexity index is 754. The maximum Gasteiger partial charge on any atom is 0.333 e. The zero-order valence-corrected chi connectivity index (χ0v) is 24.1. The van der Waals surface area contributed by atoms with E-state index in [9.17, 15) is 14.4 Å². The number of carbonyl (C=O) groups is 3. The smallest absolute Gasteiger partial charge is 0.333 e. The van der Waals surface area contributed by atoms with Gasteiger partial charge in [-0.15, -0.1) is 0 Å². The van der Waals surface area contributed by atoms with Crippen LogP contribution in [0.25, 0.3) is 0 Å². The van der Waals surface area contributed by atoms with Gasteiger partial charge in [-0.2, -0.15) is 0 Å². The van der Waals surface area contributed by atoms with Crippen LogP contribution in [0, 0.1) is 17.3 Å². The molecule has 1 heterocycles. The number of nitrogens with one attached hydrogen (secondary N) is 1. The molecule has 1 rings (SSSR count). The molecule has 0 aromatic heterocycles. The zero-order valence-electron chi connectivity index (χ0n) is 24.1. The van der Waals surface area contributed by atoms with Crippen molar-refractivity contribution in [3.63, 3.8) is 0 Å². The van der Waals surface area contributed by atoms with Crippen molar-refractivity contribution < 1.29 is 19.1 Å². The number of amides is 2. The Balaban J connectivity index is 3.19. The lowest BCUT2D eigenvalue weighted by atomic mass is 9.84. The van der Waals surface area contributed by atoms with E-state index >= 15 is 0 Å².